The van der Waals surface area contributed by atoms with Gasteiger partial charge in [-0.2, -0.15) is 0 Å². The molecule has 144 valence electrons. The fraction of sp³-hybridized carbons (Fsp3) is 0.304. The Labute approximate surface area is 174 Å². The number of hydrogen-bond acceptors (Lipinski definition) is 3. The number of halogens is 1. The Hall–Kier alpha value is -2.04. The molecule has 0 atom stereocenters. The molecular formula is C23H23ClN2OS. The molecule has 5 heteroatoms. The van der Waals surface area contributed by atoms with E-state index in [1.165, 1.54) is 34.6 Å². The largest absolute Gasteiger partial charge is 0.325 e. The summed E-state index contributed by atoms with van der Waals surface area (Å²) < 4.78 is 0. The number of benzene rings is 2. The highest BCUT2D eigenvalue weighted by Crippen LogP contribution is 2.37. The number of anilines is 1. The smallest absolute Gasteiger partial charge is 0.234 e. The molecule has 1 aromatic heterocycles. The molecule has 1 heterocycles. The van der Waals surface area contributed by atoms with Gasteiger partial charge in [0.2, 0.25) is 5.91 Å². The molecule has 4 rings (SSSR count). The first-order chi connectivity index (χ1) is 13.5. The van der Waals surface area contributed by atoms with E-state index in [0.717, 1.165) is 35.0 Å². The van der Waals surface area contributed by atoms with Crippen molar-refractivity contribution in [3.05, 3.63) is 63.8 Å². The van der Waals surface area contributed by atoms with Gasteiger partial charge < -0.3 is 5.32 Å². The van der Waals surface area contributed by atoms with Gasteiger partial charge in [-0.3, -0.25) is 9.78 Å². The number of pyridine rings is 1. The Kier molecular flexibility index (Phi) is 5.61. The van der Waals surface area contributed by atoms with Gasteiger partial charge in [-0.25, -0.2) is 0 Å². The molecule has 28 heavy (non-hydrogen) atoms. The number of nitrogens with one attached hydrogen (secondary N) is 1. The lowest BCUT2D eigenvalue weighted by molar-refractivity contribution is -0.113. The van der Waals surface area contributed by atoms with Crippen LogP contribution in [0, 0.1) is 13.8 Å². The molecular weight excluding hydrogens is 388 g/mol. The number of nitrogens with zero attached hydrogens (tertiary/aromatic N) is 1. The Bertz CT molecular complexity index is 1060. The molecule has 2 aromatic carbocycles. The number of thioether (sulfide) groups is 1. The van der Waals surface area contributed by atoms with E-state index in [2.05, 4.69) is 18.3 Å². The first-order valence-electron chi connectivity index (χ1n) is 9.63. The van der Waals surface area contributed by atoms with Gasteiger partial charge in [-0.15, -0.1) is 11.8 Å². The SMILES string of the molecule is Cc1cccc(NC(=O)CSc2c3c(nc4ccc(Cl)cc24)CCCC3)c1C. The summed E-state index contributed by atoms with van der Waals surface area (Å²) in [4.78, 5) is 18.7. The molecule has 0 unspecified atom stereocenters. The van der Waals surface area contributed by atoms with Crippen LogP contribution in [0.3, 0.4) is 0 Å². The van der Waals surface area contributed by atoms with E-state index >= 15 is 0 Å². The van der Waals surface area contributed by atoms with Crippen molar-refractivity contribution in [2.75, 3.05) is 11.1 Å². The van der Waals surface area contributed by atoms with Crippen LogP contribution in [-0.4, -0.2) is 16.6 Å². The van der Waals surface area contributed by atoms with E-state index in [1.54, 1.807) is 11.8 Å². The highest BCUT2D eigenvalue weighted by molar-refractivity contribution is 8.00. The van der Waals surface area contributed by atoms with Crippen molar-refractivity contribution in [2.24, 2.45) is 0 Å². The third-order valence-corrected chi connectivity index (χ3v) is 6.79. The summed E-state index contributed by atoms with van der Waals surface area (Å²) in [6, 6.07) is 11.8. The predicted octanol–water partition coefficient (Wildman–Crippen LogP) is 6.11. The maximum atomic E-state index is 12.6. The summed E-state index contributed by atoms with van der Waals surface area (Å²) in [7, 11) is 0. The molecule has 3 aromatic rings. The molecule has 1 N–H and O–H groups in total. The van der Waals surface area contributed by atoms with Crippen molar-refractivity contribution in [3.63, 3.8) is 0 Å². The van der Waals surface area contributed by atoms with Crippen LogP contribution < -0.4 is 5.32 Å². The van der Waals surface area contributed by atoms with Crippen molar-refractivity contribution < 1.29 is 4.79 Å². The van der Waals surface area contributed by atoms with Gasteiger partial charge in [0.15, 0.2) is 0 Å². The van der Waals surface area contributed by atoms with E-state index in [0.29, 0.717) is 10.8 Å². The topological polar surface area (TPSA) is 42.0 Å². The third-order valence-electron chi connectivity index (χ3n) is 5.40. The van der Waals surface area contributed by atoms with Crippen LogP contribution in [0.2, 0.25) is 5.02 Å². The van der Waals surface area contributed by atoms with Gasteiger partial charge in [0.25, 0.3) is 0 Å². The Morgan fingerprint density at radius 2 is 2.00 bits per heavy atom. The average molecular weight is 411 g/mol. The number of hydrogen-bond donors (Lipinski definition) is 1. The van der Waals surface area contributed by atoms with Crippen LogP contribution in [0.5, 0.6) is 0 Å². The summed E-state index contributed by atoms with van der Waals surface area (Å²) in [5, 5.41) is 4.81. The summed E-state index contributed by atoms with van der Waals surface area (Å²) in [6.07, 6.45) is 4.38. The second kappa shape index (κ2) is 8.14. The lowest BCUT2D eigenvalue weighted by Crippen LogP contribution is -2.16. The highest BCUT2D eigenvalue weighted by Gasteiger charge is 2.19. The quantitative estimate of drug-likeness (QED) is 0.527. The van der Waals surface area contributed by atoms with E-state index in [4.69, 9.17) is 16.6 Å². The standard InChI is InChI=1S/C23H23ClN2OS/c1-14-6-5-9-19(15(14)2)26-22(27)13-28-23-17-7-3-4-8-20(17)25-21-11-10-16(24)12-18(21)23/h5-6,9-12H,3-4,7-8,13H2,1-2H3,(H,26,27). The molecule has 0 saturated heterocycles. The Balaban J connectivity index is 1.61. The number of carbonyl (C=O) groups excluding carboxylic acids is 1. The first kappa shape index (κ1) is 19.3. The molecule has 1 amide bonds. The molecule has 0 fully saturated rings. The number of carbonyl (C=O) groups is 1. The number of rotatable bonds is 4. The third kappa shape index (κ3) is 3.89. The summed E-state index contributed by atoms with van der Waals surface area (Å²) in [5.41, 5.74) is 6.61. The van der Waals surface area contributed by atoms with E-state index in [-0.39, 0.29) is 5.91 Å². The zero-order valence-corrected chi connectivity index (χ0v) is 17.7. The Morgan fingerprint density at radius 3 is 2.86 bits per heavy atom. The van der Waals surface area contributed by atoms with Crippen LogP contribution in [-0.2, 0) is 17.6 Å². The molecule has 1 aliphatic carbocycles. The highest BCUT2D eigenvalue weighted by atomic mass is 35.5. The molecule has 0 radical (unpaired) electrons. The molecule has 0 aliphatic heterocycles. The second-order valence-corrected chi connectivity index (χ2v) is 8.74. The van der Waals surface area contributed by atoms with Crippen LogP contribution in [0.15, 0.2) is 41.3 Å². The zero-order chi connectivity index (χ0) is 19.7. The van der Waals surface area contributed by atoms with Crippen LogP contribution in [0.4, 0.5) is 5.69 Å². The van der Waals surface area contributed by atoms with Crippen molar-refractivity contribution in [2.45, 2.75) is 44.4 Å². The van der Waals surface area contributed by atoms with Crippen LogP contribution in [0.1, 0.15) is 35.2 Å². The number of aryl methyl sites for hydroxylation is 2. The number of aromatic nitrogens is 1. The fourth-order valence-electron chi connectivity index (χ4n) is 3.73. The summed E-state index contributed by atoms with van der Waals surface area (Å²) in [5.74, 6) is 0.376. The van der Waals surface area contributed by atoms with Crippen LogP contribution in [0.25, 0.3) is 10.9 Å². The molecule has 0 bridgehead atoms. The maximum Gasteiger partial charge on any atom is 0.234 e. The van der Waals surface area contributed by atoms with Gasteiger partial charge >= 0.3 is 0 Å². The van der Waals surface area contributed by atoms with Gasteiger partial charge in [0.1, 0.15) is 0 Å². The van der Waals surface area contributed by atoms with Crippen molar-refractivity contribution in [1.82, 2.24) is 4.98 Å². The van der Waals surface area contributed by atoms with E-state index in [1.807, 2.05) is 37.3 Å². The van der Waals surface area contributed by atoms with Gasteiger partial charge in [-0.05, 0) is 80.5 Å². The van der Waals surface area contributed by atoms with E-state index < -0.39 is 0 Å². The lowest BCUT2D eigenvalue weighted by Gasteiger charge is -2.20. The maximum absolute atomic E-state index is 12.6. The molecule has 0 saturated carbocycles. The fourth-order valence-corrected chi connectivity index (χ4v) is 4.96. The average Bonchev–Trinajstić information content (AvgIpc) is 2.69. The second-order valence-electron chi connectivity index (χ2n) is 7.32. The van der Waals surface area contributed by atoms with Crippen molar-refractivity contribution in [1.29, 1.82) is 0 Å². The zero-order valence-electron chi connectivity index (χ0n) is 16.1. The van der Waals surface area contributed by atoms with Crippen molar-refractivity contribution >= 4 is 45.9 Å². The molecule has 0 spiro atoms. The van der Waals surface area contributed by atoms with Gasteiger partial charge in [0, 0.05) is 26.7 Å². The van der Waals surface area contributed by atoms with Crippen LogP contribution >= 0.6 is 23.4 Å². The minimum atomic E-state index is 0.00949. The minimum absolute atomic E-state index is 0.00949. The summed E-state index contributed by atoms with van der Waals surface area (Å²) >= 11 is 7.86. The monoisotopic (exact) mass is 410 g/mol. The lowest BCUT2D eigenvalue weighted by atomic mass is 9.94. The van der Waals surface area contributed by atoms with Gasteiger partial charge in [-0.1, -0.05) is 23.7 Å². The Morgan fingerprint density at radius 1 is 1.18 bits per heavy atom. The van der Waals surface area contributed by atoms with Crippen molar-refractivity contribution in [3.8, 4) is 0 Å². The first-order valence-corrected chi connectivity index (χ1v) is 11.0. The molecule has 3 nitrogen and oxygen atoms in total. The minimum Gasteiger partial charge on any atom is -0.325 e. The van der Waals surface area contributed by atoms with E-state index in [9.17, 15) is 4.79 Å². The summed E-state index contributed by atoms with van der Waals surface area (Å²) in [6.45, 7) is 4.09. The molecule has 1 aliphatic rings. The number of amides is 1. The number of fused-ring (bicyclic) bond motifs is 2. The van der Waals surface area contributed by atoms with Gasteiger partial charge in [0.05, 0.1) is 11.3 Å². The predicted molar refractivity (Wildman–Crippen MR) is 119 cm³/mol. The normalized spacial score (nSPS) is 13.4.